The summed E-state index contributed by atoms with van der Waals surface area (Å²) in [5.41, 5.74) is -0.0872. The van der Waals surface area contributed by atoms with Gasteiger partial charge in [-0.15, -0.1) is 0 Å². The Hall–Kier alpha value is -2.48. The van der Waals surface area contributed by atoms with Crippen LogP contribution in [0.25, 0.3) is 0 Å². The van der Waals surface area contributed by atoms with E-state index in [0.29, 0.717) is 5.76 Å². The van der Waals surface area contributed by atoms with Gasteiger partial charge in [0.2, 0.25) is 0 Å². The van der Waals surface area contributed by atoms with E-state index in [1.807, 2.05) is 0 Å². The molecule has 1 N–H and O–H groups in total. The monoisotopic (exact) mass is 339 g/mol. The highest BCUT2D eigenvalue weighted by atomic mass is 19.1. The normalized spacial score (nSPS) is 12.2. The number of nitrogens with one attached hydrogen (secondary N) is 1. The molecule has 0 spiro atoms. The molecule has 0 radical (unpaired) electrons. The number of halogens is 2. The van der Waals surface area contributed by atoms with Crippen LogP contribution < -0.4 is 10.1 Å². The van der Waals surface area contributed by atoms with Crippen LogP contribution >= 0.6 is 0 Å². The van der Waals surface area contributed by atoms with E-state index in [0.717, 1.165) is 0 Å². The van der Waals surface area contributed by atoms with Crippen LogP contribution in [-0.4, -0.2) is 43.2 Å². The van der Waals surface area contributed by atoms with Crippen LogP contribution in [0.3, 0.4) is 0 Å². The topological polar surface area (TPSA) is 67.6 Å². The number of aromatic nitrogens is 1. The first-order valence-corrected chi connectivity index (χ1v) is 7.31. The van der Waals surface area contributed by atoms with Crippen molar-refractivity contribution in [2.24, 2.45) is 0 Å². The van der Waals surface area contributed by atoms with Gasteiger partial charge in [0.1, 0.15) is 17.4 Å². The Bertz CT molecular complexity index is 683. The molecule has 8 heteroatoms. The summed E-state index contributed by atoms with van der Waals surface area (Å²) in [6, 6.07) is 4.57. The lowest BCUT2D eigenvalue weighted by atomic mass is 10.0. The summed E-state index contributed by atoms with van der Waals surface area (Å²) in [5.74, 6) is -0.978. The SMILES string of the molecule is Cc1cc(OCC(=O)NCC(c2c(F)cccc2F)N(C)C)no1. The Labute approximate surface area is 138 Å². The number of carbonyl (C=O) groups is 1. The molecule has 0 bridgehead atoms. The van der Waals surface area contributed by atoms with Crippen molar-refractivity contribution in [3.63, 3.8) is 0 Å². The van der Waals surface area contributed by atoms with Crippen molar-refractivity contribution in [1.29, 1.82) is 0 Å². The third-order valence-electron chi connectivity index (χ3n) is 3.41. The Kier molecular flexibility index (Phi) is 5.86. The van der Waals surface area contributed by atoms with Gasteiger partial charge >= 0.3 is 0 Å². The van der Waals surface area contributed by atoms with E-state index in [-0.39, 0.29) is 24.6 Å². The molecule has 24 heavy (non-hydrogen) atoms. The van der Waals surface area contributed by atoms with Crippen molar-refractivity contribution < 1.29 is 22.8 Å². The van der Waals surface area contributed by atoms with Gasteiger partial charge in [0.15, 0.2) is 6.61 Å². The first-order valence-electron chi connectivity index (χ1n) is 7.31. The molecule has 0 aliphatic heterocycles. The highest BCUT2D eigenvalue weighted by molar-refractivity contribution is 5.77. The summed E-state index contributed by atoms with van der Waals surface area (Å²) in [6.45, 7) is 1.46. The van der Waals surface area contributed by atoms with Crippen molar-refractivity contribution in [3.05, 3.63) is 47.2 Å². The minimum absolute atomic E-state index is 0.0326. The maximum absolute atomic E-state index is 13.9. The third kappa shape index (κ3) is 4.51. The van der Waals surface area contributed by atoms with E-state index < -0.39 is 23.6 Å². The molecule has 2 rings (SSSR count). The summed E-state index contributed by atoms with van der Waals surface area (Å²) < 4.78 is 37.8. The van der Waals surface area contributed by atoms with E-state index in [1.165, 1.54) is 18.2 Å². The largest absolute Gasteiger partial charge is 0.465 e. The molecule has 1 heterocycles. The minimum Gasteiger partial charge on any atom is -0.465 e. The molecule has 0 aliphatic carbocycles. The Balaban J connectivity index is 1.95. The number of nitrogens with zero attached hydrogens (tertiary/aromatic N) is 2. The average molecular weight is 339 g/mol. The fourth-order valence-corrected chi connectivity index (χ4v) is 2.18. The molecule has 0 saturated carbocycles. The first-order chi connectivity index (χ1) is 11.4. The van der Waals surface area contributed by atoms with E-state index in [2.05, 4.69) is 10.5 Å². The van der Waals surface area contributed by atoms with Gasteiger partial charge in [0.25, 0.3) is 11.8 Å². The predicted molar refractivity (Wildman–Crippen MR) is 82.5 cm³/mol. The second kappa shape index (κ2) is 7.87. The van der Waals surface area contributed by atoms with Crippen molar-refractivity contribution in [2.75, 3.05) is 27.2 Å². The van der Waals surface area contributed by atoms with E-state index in [1.54, 1.807) is 32.0 Å². The summed E-state index contributed by atoms with van der Waals surface area (Å²) in [7, 11) is 3.36. The van der Waals surface area contributed by atoms with Crippen LogP contribution in [0.2, 0.25) is 0 Å². The van der Waals surface area contributed by atoms with Crippen LogP contribution in [0, 0.1) is 18.6 Å². The molecule has 6 nitrogen and oxygen atoms in total. The van der Waals surface area contributed by atoms with Crippen LogP contribution in [0.5, 0.6) is 5.88 Å². The Morgan fingerprint density at radius 1 is 1.38 bits per heavy atom. The number of amides is 1. The molecule has 1 atom stereocenters. The average Bonchev–Trinajstić information content (AvgIpc) is 2.93. The first kappa shape index (κ1) is 17.9. The lowest BCUT2D eigenvalue weighted by molar-refractivity contribution is -0.123. The minimum atomic E-state index is -0.655. The highest BCUT2D eigenvalue weighted by Crippen LogP contribution is 2.23. The molecule has 0 saturated heterocycles. The third-order valence-corrected chi connectivity index (χ3v) is 3.41. The summed E-state index contributed by atoms with van der Waals surface area (Å²) in [5, 5.41) is 6.19. The molecule has 1 aromatic heterocycles. The summed E-state index contributed by atoms with van der Waals surface area (Å²) >= 11 is 0. The zero-order valence-electron chi connectivity index (χ0n) is 13.7. The van der Waals surface area contributed by atoms with Gasteiger partial charge in [-0.1, -0.05) is 6.07 Å². The molecule has 1 aromatic carbocycles. The second-order valence-corrected chi connectivity index (χ2v) is 5.48. The van der Waals surface area contributed by atoms with Crippen LogP contribution in [0.15, 0.2) is 28.8 Å². The number of rotatable bonds is 7. The van der Waals surface area contributed by atoms with Gasteiger partial charge in [-0.2, -0.15) is 0 Å². The smallest absolute Gasteiger partial charge is 0.258 e. The lowest BCUT2D eigenvalue weighted by Crippen LogP contribution is -2.37. The number of ether oxygens (including phenoxy) is 1. The van der Waals surface area contributed by atoms with Crippen molar-refractivity contribution in [3.8, 4) is 5.88 Å². The van der Waals surface area contributed by atoms with Gasteiger partial charge < -0.3 is 19.5 Å². The van der Waals surface area contributed by atoms with E-state index in [4.69, 9.17) is 9.26 Å². The molecule has 1 amide bonds. The number of hydrogen-bond acceptors (Lipinski definition) is 5. The standard InChI is InChI=1S/C16H19F2N3O3/c1-10-7-15(20-24-10)23-9-14(22)19-8-13(21(2)3)16-11(17)5-4-6-12(16)18/h4-7,13H,8-9H2,1-3H3,(H,19,22). The Morgan fingerprint density at radius 2 is 2.04 bits per heavy atom. The van der Waals surface area contributed by atoms with E-state index >= 15 is 0 Å². The van der Waals surface area contributed by atoms with Crippen molar-refractivity contribution in [1.82, 2.24) is 15.4 Å². The summed E-state index contributed by atoms with van der Waals surface area (Å²) in [6.07, 6.45) is 0. The fourth-order valence-electron chi connectivity index (χ4n) is 2.18. The number of carbonyl (C=O) groups excluding carboxylic acids is 1. The predicted octanol–water partition coefficient (Wildman–Crippen LogP) is 2.06. The molecule has 0 fully saturated rings. The number of benzene rings is 1. The molecule has 0 aliphatic rings. The van der Waals surface area contributed by atoms with Crippen LogP contribution in [0.1, 0.15) is 17.4 Å². The van der Waals surface area contributed by atoms with Gasteiger partial charge in [-0.3, -0.25) is 4.79 Å². The van der Waals surface area contributed by atoms with Crippen molar-refractivity contribution >= 4 is 5.91 Å². The number of hydrogen-bond donors (Lipinski definition) is 1. The van der Waals surface area contributed by atoms with Gasteiger partial charge in [0.05, 0.1) is 6.04 Å². The highest BCUT2D eigenvalue weighted by Gasteiger charge is 2.22. The number of aryl methyl sites for hydroxylation is 1. The molecule has 1 unspecified atom stereocenters. The number of likely N-dealkylation sites (N-methyl/N-ethyl adjacent to an activating group) is 1. The van der Waals surface area contributed by atoms with Crippen LogP contribution in [0.4, 0.5) is 8.78 Å². The van der Waals surface area contributed by atoms with Gasteiger partial charge in [-0.05, 0) is 38.3 Å². The van der Waals surface area contributed by atoms with E-state index in [9.17, 15) is 13.6 Å². The van der Waals surface area contributed by atoms with Gasteiger partial charge in [0, 0.05) is 18.2 Å². The fraction of sp³-hybridized carbons (Fsp3) is 0.375. The maximum Gasteiger partial charge on any atom is 0.258 e. The molecule has 130 valence electrons. The van der Waals surface area contributed by atoms with Crippen molar-refractivity contribution in [2.45, 2.75) is 13.0 Å². The maximum atomic E-state index is 13.9. The summed E-state index contributed by atoms with van der Waals surface area (Å²) in [4.78, 5) is 13.5. The molecule has 2 aromatic rings. The zero-order chi connectivity index (χ0) is 17.7. The molecular weight excluding hydrogens is 320 g/mol. The van der Waals surface area contributed by atoms with Gasteiger partial charge in [-0.25, -0.2) is 8.78 Å². The second-order valence-electron chi connectivity index (χ2n) is 5.48. The molecular formula is C16H19F2N3O3. The quantitative estimate of drug-likeness (QED) is 0.836. The zero-order valence-corrected chi connectivity index (χ0v) is 13.7. The Morgan fingerprint density at radius 3 is 2.58 bits per heavy atom. The lowest BCUT2D eigenvalue weighted by Gasteiger charge is -2.25. The van der Waals surface area contributed by atoms with Crippen LogP contribution in [-0.2, 0) is 4.79 Å².